The highest BCUT2D eigenvalue weighted by Gasteiger charge is 2.18. The fourth-order valence-corrected chi connectivity index (χ4v) is 3.32. The van der Waals surface area contributed by atoms with E-state index in [0.717, 1.165) is 51.3 Å². The van der Waals surface area contributed by atoms with Crippen molar-refractivity contribution in [3.8, 4) is 0 Å². The third-order valence-corrected chi connectivity index (χ3v) is 4.49. The Morgan fingerprint density at radius 3 is 1.52 bits per heavy atom. The Balaban J connectivity index is 0.00000379. The van der Waals surface area contributed by atoms with Crippen LogP contribution >= 0.6 is 0 Å². The van der Waals surface area contributed by atoms with Gasteiger partial charge in [-0.2, -0.15) is 0 Å². The van der Waals surface area contributed by atoms with Gasteiger partial charge in [-0.15, -0.1) is 0 Å². The van der Waals surface area contributed by atoms with Crippen LogP contribution in [0.4, 0.5) is 5.69 Å². The molecule has 0 spiro atoms. The molecule has 0 radical (unpaired) electrons. The van der Waals surface area contributed by atoms with Crippen molar-refractivity contribution in [1.29, 1.82) is 0 Å². The second-order valence-corrected chi connectivity index (χ2v) is 6.75. The van der Waals surface area contributed by atoms with E-state index in [2.05, 4.69) is 9.80 Å². The zero-order valence-corrected chi connectivity index (χ0v) is 18.1. The molecule has 0 aliphatic heterocycles. The molecule has 1 rings (SSSR count). The molecular weight excluding hydrogens is 370 g/mol. The normalized spacial score (nSPS) is 11.1. The van der Waals surface area contributed by atoms with E-state index in [9.17, 15) is 10.1 Å². The number of nitrogens with zero attached hydrogens (tertiary/aromatic N) is 3. The van der Waals surface area contributed by atoms with Crippen molar-refractivity contribution in [3.63, 3.8) is 0 Å². The second kappa shape index (κ2) is 17.3. The van der Waals surface area contributed by atoms with E-state index < -0.39 is 0 Å². The number of benzene rings is 1. The maximum absolute atomic E-state index is 10.9. The predicted octanol–water partition coefficient (Wildman–Crippen LogP) is 0.219. The minimum atomic E-state index is -0.379. The molecule has 0 fully saturated rings. The van der Waals surface area contributed by atoms with Crippen molar-refractivity contribution in [2.45, 2.75) is 20.3 Å². The molecule has 1 aromatic rings. The molecule has 9 nitrogen and oxygen atoms in total. The molecule has 9 heteroatoms. The molecule has 1 aromatic carbocycles. The van der Waals surface area contributed by atoms with Crippen molar-refractivity contribution in [1.82, 2.24) is 9.80 Å². The molecule has 0 heterocycles. The summed E-state index contributed by atoms with van der Waals surface area (Å²) in [4.78, 5) is 15.0. The summed E-state index contributed by atoms with van der Waals surface area (Å²) in [5.41, 5.74) is 24.1. The van der Waals surface area contributed by atoms with Crippen LogP contribution in [0.3, 0.4) is 0 Å². The standard InChI is InChI=1S/C18H35N7O2.C2H6/c19-5-9-23(10-6-20)14-17(15-24(11-7-21)12-8-22)13-16-1-3-18(4-2-16)25(26)27;1-2/h1-4,17H,5-15,19-22H2;1-2H3. The SMILES string of the molecule is CC.NCCN(CCN)CC(Cc1ccc([N+](=O)[O-])cc1)CN(CCN)CCN. The van der Waals surface area contributed by atoms with Crippen LogP contribution in [0.1, 0.15) is 19.4 Å². The van der Waals surface area contributed by atoms with Crippen molar-refractivity contribution in [3.05, 3.63) is 39.9 Å². The molecule has 0 aromatic heterocycles. The monoisotopic (exact) mass is 411 g/mol. The Hall–Kier alpha value is -1.62. The fourth-order valence-electron chi connectivity index (χ4n) is 3.32. The predicted molar refractivity (Wildman–Crippen MR) is 121 cm³/mol. The smallest absolute Gasteiger partial charge is 0.269 e. The maximum atomic E-state index is 10.9. The second-order valence-electron chi connectivity index (χ2n) is 6.75. The minimum absolute atomic E-state index is 0.107. The van der Waals surface area contributed by atoms with Crippen molar-refractivity contribution in [2.75, 3.05) is 65.4 Å². The fraction of sp³-hybridized carbons (Fsp3) is 0.700. The zero-order chi connectivity index (χ0) is 22.1. The van der Waals surface area contributed by atoms with Gasteiger partial charge in [-0.25, -0.2) is 0 Å². The quantitative estimate of drug-likeness (QED) is 0.236. The lowest BCUT2D eigenvalue weighted by molar-refractivity contribution is -0.384. The Bertz CT molecular complexity index is 498. The van der Waals surface area contributed by atoms with E-state index in [1.807, 2.05) is 26.0 Å². The molecule has 0 aliphatic rings. The molecule has 0 saturated heterocycles. The summed E-state index contributed by atoms with van der Waals surface area (Å²) in [6.07, 6.45) is 0.815. The van der Waals surface area contributed by atoms with E-state index in [1.165, 1.54) is 0 Å². The minimum Gasteiger partial charge on any atom is -0.329 e. The highest BCUT2D eigenvalue weighted by atomic mass is 16.6. The molecule has 0 unspecified atom stereocenters. The number of hydrogen-bond acceptors (Lipinski definition) is 8. The van der Waals surface area contributed by atoms with Gasteiger partial charge < -0.3 is 32.7 Å². The molecule has 168 valence electrons. The van der Waals surface area contributed by atoms with Crippen LogP contribution in [0.2, 0.25) is 0 Å². The summed E-state index contributed by atoms with van der Waals surface area (Å²) in [6, 6.07) is 6.78. The third-order valence-electron chi connectivity index (χ3n) is 4.49. The van der Waals surface area contributed by atoms with Crippen LogP contribution in [-0.2, 0) is 6.42 Å². The van der Waals surface area contributed by atoms with Crippen LogP contribution < -0.4 is 22.9 Å². The molecule has 0 aliphatic carbocycles. The van der Waals surface area contributed by atoms with Crippen molar-refractivity contribution < 1.29 is 4.92 Å². The van der Waals surface area contributed by atoms with E-state index in [1.54, 1.807) is 12.1 Å². The Kier molecular flexibility index (Phi) is 16.3. The van der Waals surface area contributed by atoms with Crippen molar-refractivity contribution in [2.24, 2.45) is 28.9 Å². The highest BCUT2D eigenvalue weighted by Crippen LogP contribution is 2.17. The number of nitro benzene ring substituents is 1. The van der Waals surface area contributed by atoms with Gasteiger partial charge >= 0.3 is 0 Å². The van der Waals surface area contributed by atoms with Gasteiger partial charge in [0.1, 0.15) is 0 Å². The van der Waals surface area contributed by atoms with Crippen LogP contribution in [0.15, 0.2) is 24.3 Å². The van der Waals surface area contributed by atoms with Crippen molar-refractivity contribution >= 4 is 5.69 Å². The first-order valence-electron chi connectivity index (χ1n) is 10.5. The summed E-state index contributed by atoms with van der Waals surface area (Å²) in [7, 11) is 0. The summed E-state index contributed by atoms with van der Waals surface area (Å²) < 4.78 is 0. The molecule has 0 bridgehead atoms. The number of hydrogen-bond donors (Lipinski definition) is 4. The summed E-state index contributed by atoms with van der Waals surface area (Å²) in [5.74, 6) is 0.322. The van der Waals surface area contributed by atoms with Gasteiger partial charge in [-0.05, 0) is 17.9 Å². The Morgan fingerprint density at radius 1 is 0.828 bits per heavy atom. The van der Waals surface area contributed by atoms with Gasteiger partial charge in [0.25, 0.3) is 5.69 Å². The number of nitro groups is 1. The van der Waals surface area contributed by atoms with Gasteiger partial charge in [0.05, 0.1) is 4.92 Å². The summed E-state index contributed by atoms with van der Waals surface area (Å²) in [6.45, 7) is 11.2. The van der Waals surface area contributed by atoms with Gasteiger partial charge in [0.15, 0.2) is 0 Å². The zero-order valence-electron chi connectivity index (χ0n) is 18.1. The Labute approximate surface area is 175 Å². The first-order valence-corrected chi connectivity index (χ1v) is 10.5. The number of non-ortho nitro benzene ring substituents is 1. The lowest BCUT2D eigenvalue weighted by Gasteiger charge is -2.31. The average molecular weight is 412 g/mol. The van der Waals surface area contributed by atoms with Crippen LogP contribution in [0.5, 0.6) is 0 Å². The summed E-state index contributed by atoms with van der Waals surface area (Å²) >= 11 is 0. The van der Waals surface area contributed by atoms with E-state index in [-0.39, 0.29) is 10.6 Å². The lowest BCUT2D eigenvalue weighted by atomic mass is 9.97. The molecule has 8 N–H and O–H groups in total. The molecular formula is C20H41N7O2. The van der Waals surface area contributed by atoms with Gasteiger partial charge in [0.2, 0.25) is 0 Å². The molecule has 29 heavy (non-hydrogen) atoms. The van der Waals surface area contributed by atoms with E-state index in [0.29, 0.717) is 32.1 Å². The molecule has 0 saturated carbocycles. The molecule has 0 amide bonds. The topological polar surface area (TPSA) is 154 Å². The molecule has 0 atom stereocenters. The van der Waals surface area contributed by atoms with Gasteiger partial charge in [0, 0.05) is 77.6 Å². The third kappa shape index (κ3) is 11.8. The first-order chi connectivity index (χ1) is 14.0. The maximum Gasteiger partial charge on any atom is 0.269 e. The summed E-state index contributed by atoms with van der Waals surface area (Å²) in [5, 5.41) is 10.9. The van der Waals surface area contributed by atoms with E-state index in [4.69, 9.17) is 22.9 Å². The van der Waals surface area contributed by atoms with Crippen LogP contribution in [0, 0.1) is 16.0 Å². The van der Waals surface area contributed by atoms with Crippen LogP contribution in [-0.4, -0.2) is 80.2 Å². The Morgan fingerprint density at radius 2 is 1.21 bits per heavy atom. The first kappa shape index (κ1) is 27.4. The highest BCUT2D eigenvalue weighted by molar-refractivity contribution is 5.33. The number of rotatable bonds is 15. The van der Waals surface area contributed by atoms with Gasteiger partial charge in [-0.3, -0.25) is 10.1 Å². The van der Waals surface area contributed by atoms with Crippen LogP contribution in [0.25, 0.3) is 0 Å². The number of nitrogens with two attached hydrogens (primary N) is 4. The van der Waals surface area contributed by atoms with Gasteiger partial charge in [-0.1, -0.05) is 26.0 Å². The van der Waals surface area contributed by atoms with E-state index >= 15 is 0 Å². The average Bonchev–Trinajstić information content (AvgIpc) is 2.70. The lowest BCUT2D eigenvalue weighted by Crippen LogP contribution is -2.43. The largest absolute Gasteiger partial charge is 0.329 e.